The second kappa shape index (κ2) is 14.0. The Morgan fingerprint density at radius 1 is 0.628 bits per heavy atom. The molecule has 0 saturated heterocycles. The number of furan rings is 1. The Morgan fingerprint density at radius 2 is 1.33 bits per heavy atom. The summed E-state index contributed by atoms with van der Waals surface area (Å²) < 4.78 is 6.27. The van der Waals surface area contributed by atoms with Crippen LogP contribution in [0, 0.1) is 12.1 Å². The Hall–Kier alpha value is -4.63. The number of pyridine rings is 2. The maximum absolute atomic E-state index is 6.27. The summed E-state index contributed by atoms with van der Waals surface area (Å²) in [6.45, 7) is 4.39. The second-order valence-electron chi connectivity index (χ2n) is 10.3. The van der Waals surface area contributed by atoms with Gasteiger partial charge in [0.1, 0.15) is 5.76 Å². The van der Waals surface area contributed by atoms with Gasteiger partial charge in [-0.25, -0.2) is 0 Å². The predicted molar refractivity (Wildman–Crippen MR) is 172 cm³/mol. The van der Waals surface area contributed by atoms with E-state index in [-0.39, 0.29) is 20.1 Å². The smallest absolute Gasteiger partial charge is 0.123 e. The summed E-state index contributed by atoms with van der Waals surface area (Å²) in [5, 5.41) is 1.06. The van der Waals surface area contributed by atoms with E-state index >= 15 is 0 Å². The fourth-order valence-corrected chi connectivity index (χ4v) is 4.83. The molecule has 4 aromatic carbocycles. The molecular weight excluding hydrogens is 705 g/mol. The Bertz CT molecular complexity index is 1850. The van der Waals surface area contributed by atoms with E-state index in [4.69, 9.17) is 4.42 Å². The summed E-state index contributed by atoms with van der Waals surface area (Å²) in [5.74, 6) is 1.29. The largest absolute Gasteiger partial charge is 0.477 e. The molecule has 0 saturated carbocycles. The Labute approximate surface area is 266 Å². The molecule has 0 atom stereocenters. The third-order valence-corrected chi connectivity index (χ3v) is 7.08. The van der Waals surface area contributed by atoms with E-state index in [2.05, 4.69) is 96.6 Å². The first-order valence-corrected chi connectivity index (χ1v) is 14.1. The third kappa shape index (κ3) is 7.06. The zero-order valence-electron chi connectivity index (χ0n) is 24.0. The summed E-state index contributed by atoms with van der Waals surface area (Å²) >= 11 is 0. The molecule has 4 heteroatoms. The number of hydrogen-bond acceptors (Lipinski definition) is 3. The van der Waals surface area contributed by atoms with Crippen LogP contribution in [0.25, 0.3) is 55.9 Å². The molecule has 0 unspecified atom stereocenters. The van der Waals surface area contributed by atoms with Crippen molar-refractivity contribution in [1.29, 1.82) is 0 Å². The van der Waals surface area contributed by atoms with Gasteiger partial charge in [-0.05, 0) is 41.1 Å². The maximum Gasteiger partial charge on any atom is 0.123 e. The molecule has 7 aromatic rings. The van der Waals surface area contributed by atoms with Crippen LogP contribution in [0.3, 0.4) is 0 Å². The van der Waals surface area contributed by atoms with Crippen molar-refractivity contribution in [1.82, 2.24) is 9.97 Å². The zero-order chi connectivity index (χ0) is 28.7. The van der Waals surface area contributed by atoms with Crippen LogP contribution in [0.5, 0.6) is 0 Å². The van der Waals surface area contributed by atoms with Gasteiger partial charge in [-0.15, -0.1) is 47.5 Å². The number of hydrogen-bond donors (Lipinski definition) is 0. The number of benzene rings is 4. The monoisotopic (exact) mass is 735 g/mol. The molecule has 0 spiro atoms. The first-order chi connectivity index (χ1) is 20.7. The van der Waals surface area contributed by atoms with Gasteiger partial charge in [0.05, 0.1) is 5.58 Å². The van der Waals surface area contributed by atoms with Gasteiger partial charge in [0.2, 0.25) is 0 Å². The van der Waals surface area contributed by atoms with E-state index in [0.29, 0.717) is 5.92 Å². The van der Waals surface area contributed by atoms with Crippen molar-refractivity contribution in [3.8, 4) is 45.0 Å². The van der Waals surface area contributed by atoms with E-state index in [9.17, 15) is 0 Å². The van der Waals surface area contributed by atoms with Crippen LogP contribution in [0.2, 0.25) is 0 Å². The predicted octanol–water partition coefficient (Wildman–Crippen LogP) is 10.3. The minimum atomic E-state index is 0. The summed E-state index contributed by atoms with van der Waals surface area (Å²) in [7, 11) is 0. The van der Waals surface area contributed by atoms with Crippen LogP contribution in [-0.4, -0.2) is 9.97 Å². The number of fused-ring (bicyclic) bond motifs is 1. The van der Waals surface area contributed by atoms with Crippen molar-refractivity contribution in [2.75, 3.05) is 0 Å². The van der Waals surface area contributed by atoms with Crippen molar-refractivity contribution in [2.24, 2.45) is 0 Å². The van der Waals surface area contributed by atoms with Crippen LogP contribution >= 0.6 is 0 Å². The molecule has 3 heterocycles. The molecule has 0 amide bonds. The van der Waals surface area contributed by atoms with E-state index in [1.807, 2.05) is 72.9 Å². The molecule has 213 valence electrons. The molecule has 43 heavy (non-hydrogen) atoms. The second-order valence-corrected chi connectivity index (χ2v) is 10.3. The summed E-state index contributed by atoms with van der Waals surface area (Å²) in [4.78, 5) is 8.84. The van der Waals surface area contributed by atoms with Crippen molar-refractivity contribution >= 4 is 11.0 Å². The van der Waals surface area contributed by atoms with Gasteiger partial charge in [-0.2, -0.15) is 0 Å². The topological polar surface area (TPSA) is 38.9 Å². The first-order valence-electron chi connectivity index (χ1n) is 14.1. The van der Waals surface area contributed by atoms with Gasteiger partial charge in [-0.1, -0.05) is 115 Å². The molecule has 1 radical (unpaired) electrons. The molecule has 3 aromatic heterocycles. The van der Waals surface area contributed by atoms with E-state index < -0.39 is 0 Å². The van der Waals surface area contributed by atoms with Crippen molar-refractivity contribution in [2.45, 2.75) is 19.8 Å². The van der Waals surface area contributed by atoms with Crippen molar-refractivity contribution in [3.63, 3.8) is 0 Å². The number of nitrogens with zero attached hydrogens (tertiary/aromatic N) is 2. The minimum Gasteiger partial charge on any atom is -0.477 e. The molecule has 0 aliphatic carbocycles. The number of aromatic nitrogens is 2. The zero-order valence-corrected chi connectivity index (χ0v) is 26.4. The van der Waals surface area contributed by atoms with Gasteiger partial charge in [-0.3, -0.25) is 0 Å². The summed E-state index contributed by atoms with van der Waals surface area (Å²) in [5.41, 5.74) is 9.22. The van der Waals surface area contributed by atoms with Gasteiger partial charge in [0.25, 0.3) is 0 Å². The molecule has 0 aliphatic rings. The fourth-order valence-electron chi connectivity index (χ4n) is 4.83. The van der Waals surface area contributed by atoms with E-state index in [0.717, 1.165) is 55.9 Å². The normalized spacial score (nSPS) is 10.6. The Morgan fingerprint density at radius 3 is 2.00 bits per heavy atom. The molecule has 0 N–H and O–H groups in total. The van der Waals surface area contributed by atoms with Gasteiger partial charge in [0.15, 0.2) is 0 Å². The van der Waals surface area contributed by atoms with E-state index in [1.165, 1.54) is 5.56 Å². The Kier molecular flexibility index (Phi) is 9.73. The first kappa shape index (κ1) is 29.8. The standard InChI is InChI=1S/C28H22NO.C11H8N.Ir/c1-19(2)22-13-14-29-26(16-22)23-15-24(20-9-5-3-6-10-20)25-18-27(30-28(25)17-23)21-11-7-4-8-12-21;1-2-6-10(7-3-1)11-8-4-5-9-12-11;/h3-16,18-19H,1-2H3;1-6,8-9H;/q2*-1;. The fraction of sp³-hybridized carbons (Fsp3) is 0.0769. The average molecular weight is 735 g/mol. The molecule has 0 aliphatic heterocycles. The van der Waals surface area contributed by atoms with Crippen molar-refractivity contribution < 1.29 is 24.5 Å². The van der Waals surface area contributed by atoms with Crippen LogP contribution in [-0.2, 0) is 20.1 Å². The molecular formula is C39H30IrN2O-2. The van der Waals surface area contributed by atoms with Gasteiger partial charge >= 0.3 is 0 Å². The van der Waals surface area contributed by atoms with Crippen LogP contribution in [0.1, 0.15) is 25.3 Å². The van der Waals surface area contributed by atoms with Crippen molar-refractivity contribution in [3.05, 3.63) is 157 Å². The molecule has 0 fully saturated rings. The van der Waals surface area contributed by atoms with Crippen LogP contribution < -0.4 is 0 Å². The average Bonchev–Trinajstić information content (AvgIpc) is 3.51. The van der Waals surface area contributed by atoms with Crippen LogP contribution in [0.4, 0.5) is 0 Å². The van der Waals surface area contributed by atoms with E-state index in [1.54, 1.807) is 6.20 Å². The molecule has 3 nitrogen and oxygen atoms in total. The number of rotatable bonds is 5. The minimum absolute atomic E-state index is 0. The summed E-state index contributed by atoms with van der Waals surface area (Å²) in [6, 6.07) is 49.4. The maximum atomic E-state index is 6.27. The molecule has 0 bridgehead atoms. The molecule has 7 rings (SSSR count). The van der Waals surface area contributed by atoms with Gasteiger partial charge in [0, 0.05) is 38.1 Å². The SMILES string of the molecule is CC(C)c1ccnc(-c2[c-]c3oc(-c4ccccc4)cc3c(-c3ccccc3)c2)c1.[Ir].[c-]1ccccc1-c1ccccn1. The Balaban J connectivity index is 0.000000238. The third-order valence-electron chi connectivity index (χ3n) is 7.08. The summed E-state index contributed by atoms with van der Waals surface area (Å²) in [6.07, 6.45) is 3.67. The van der Waals surface area contributed by atoms with Gasteiger partial charge < -0.3 is 14.4 Å². The quantitative estimate of drug-likeness (QED) is 0.165. The van der Waals surface area contributed by atoms with Crippen LogP contribution in [0.15, 0.2) is 144 Å².